The van der Waals surface area contributed by atoms with Gasteiger partial charge < -0.3 is 15.4 Å². The van der Waals surface area contributed by atoms with Crippen LogP contribution in [-0.2, 0) is 11.3 Å². The third kappa shape index (κ3) is 5.74. The van der Waals surface area contributed by atoms with Gasteiger partial charge in [0.2, 0.25) is 0 Å². The largest absolute Gasteiger partial charge is 0.377 e. The molecule has 0 aromatic carbocycles. The van der Waals surface area contributed by atoms with Crippen LogP contribution < -0.4 is 10.6 Å². The van der Waals surface area contributed by atoms with Crippen LogP contribution in [0, 0.1) is 5.41 Å². The fourth-order valence-corrected chi connectivity index (χ4v) is 2.60. The smallest absolute Gasteiger partial charge is 0.158 e. The summed E-state index contributed by atoms with van der Waals surface area (Å²) < 4.78 is 5.11. The zero-order valence-electron chi connectivity index (χ0n) is 13.8. The lowest BCUT2D eigenvalue weighted by atomic mass is 9.82. The minimum absolute atomic E-state index is 0.0397. The Morgan fingerprint density at radius 1 is 1.10 bits per heavy atom. The summed E-state index contributed by atoms with van der Waals surface area (Å²) in [6.45, 7) is 11.5. The van der Waals surface area contributed by atoms with Crippen molar-refractivity contribution >= 4 is 11.6 Å². The zero-order valence-corrected chi connectivity index (χ0v) is 13.8. The lowest BCUT2D eigenvalue weighted by Gasteiger charge is -2.33. The van der Waals surface area contributed by atoms with E-state index in [1.165, 1.54) is 0 Å². The summed E-state index contributed by atoms with van der Waals surface area (Å²) in [5.41, 5.74) is 0.215. The number of anilines is 2. The van der Waals surface area contributed by atoms with Gasteiger partial charge in [0.05, 0.1) is 0 Å². The molecular weight excluding hydrogens is 252 g/mol. The standard InChI is InChI=1S/C15H28N4O/c1-14(2,3)10-15(4,5)19-12-8-11(16-6)17-13(18-12)9-20-7/h8H,9-10H2,1-7H3,(H2,16,17,18,19). The summed E-state index contributed by atoms with van der Waals surface area (Å²) in [7, 11) is 3.50. The predicted octanol–water partition coefficient (Wildman–Crippen LogP) is 3.29. The molecule has 0 aliphatic rings. The second kappa shape index (κ2) is 6.39. The van der Waals surface area contributed by atoms with Crippen molar-refractivity contribution in [2.75, 3.05) is 24.8 Å². The molecule has 0 spiro atoms. The van der Waals surface area contributed by atoms with Gasteiger partial charge in [-0.1, -0.05) is 20.8 Å². The summed E-state index contributed by atoms with van der Waals surface area (Å²) >= 11 is 0. The molecule has 0 atom stereocenters. The Kier molecular flexibility index (Phi) is 5.34. The van der Waals surface area contributed by atoms with Gasteiger partial charge in [0.15, 0.2) is 5.82 Å². The van der Waals surface area contributed by atoms with Crippen molar-refractivity contribution in [1.82, 2.24) is 9.97 Å². The van der Waals surface area contributed by atoms with E-state index in [-0.39, 0.29) is 11.0 Å². The monoisotopic (exact) mass is 280 g/mol. The highest BCUT2D eigenvalue weighted by Crippen LogP contribution is 2.29. The van der Waals surface area contributed by atoms with Crippen LogP contribution in [-0.4, -0.2) is 29.7 Å². The van der Waals surface area contributed by atoms with Gasteiger partial charge in [0, 0.05) is 25.8 Å². The average Bonchev–Trinajstić information content (AvgIpc) is 2.24. The molecule has 5 heteroatoms. The van der Waals surface area contributed by atoms with E-state index in [1.54, 1.807) is 7.11 Å². The molecule has 5 nitrogen and oxygen atoms in total. The molecule has 114 valence electrons. The first-order valence-corrected chi connectivity index (χ1v) is 6.98. The number of hydrogen-bond acceptors (Lipinski definition) is 5. The van der Waals surface area contributed by atoms with Crippen LogP contribution in [0.5, 0.6) is 0 Å². The van der Waals surface area contributed by atoms with Crippen molar-refractivity contribution in [2.24, 2.45) is 5.41 Å². The van der Waals surface area contributed by atoms with Crippen LogP contribution in [0.3, 0.4) is 0 Å². The molecule has 0 aliphatic carbocycles. The van der Waals surface area contributed by atoms with E-state index in [2.05, 4.69) is 55.2 Å². The number of aromatic nitrogens is 2. The topological polar surface area (TPSA) is 59.1 Å². The van der Waals surface area contributed by atoms with E-state index < -0.39 is 0 Å². The molecule has 0 amide bonds. The molecule has 0 bridgehead atoms. The van der Waals surface area contributed by atoms with Crippen molar-refractivity contribution < 1.29 is 4.74 Å². The highest BCUT2D eigenvalue weighted by molar-refractivity contribution is 5.48. The van der Waals surface area contributed by atoms with Gasteiger partial charge in [-0.2, -0.15) is 0 Å². The molecule has 0 fully saturated rings. The highest BCUT2D eigenvalue weighted by atomic mass is 16.5. The Morgan fingerprint density at radius 2 is 1.70 bits per heavy atom. The normalized spacial score (nSPS) is 12.3. The summed E-state index contributed by atoms with van der Waals surface area (Å²) in [5, 5.41) is 6.56. The molecule has 1 heterocycles. The lowest BCUT2D eigenvalue weighted by Crippen LogP contribution is -2.35. The van der Waals surface area contributed by atoms with Crippen molar-refractivity contribution in [2.45, 2.75) is 53.2 Å². The van der Waals surface area contributed by atoms with Crippen LogP contribution in [0.1, 0.15) is 46.9 Å². The van der Waals surface area contributed by atoms with Gasteiger partial charge in [-0.15, -0.1) is 0 Å². The quantitative estimate of drug-likeness (QED) is 0.837. The maximum atomic E-state index is 5.11. The Bertz CT molecular complexity index is 438. The van der Waals surface area contributed by atoms with E-state index >= 15 is 0 Å². The van der Waals surface area contributed by atoms with Crippen molar-refractivity contribution in [3.05, 3.63) is 11.9 Å². The van der Waals surface area contributed by atoms with E-state index in [4.69, 9.17) is 4.74 Å². The summed E-state index contributed by atoms with van der Waals surface area (Å²) in [6, 6.07) is 1.92. The van der Waals surface area contributed by atoms with Gasteiger partial charge in [-0.05, 0) is 25.7 Å². The predicted molar refractivity (Wildman–Crippen MR) is 84.1 cm³/mol. The van der Waals surface area contributed by atoms with Crippen molar-refractivity contribution in [3.8, 4) is 0 Å². The number of nitrogens with one attached hydrogen (secondary N) is 2. The van der Waals surface area contributed by atoms with Crippen LogP contribution in [0.15, 0.2) is 6.07 Å². The summed E-state index contributed by atoms with van der Waals surface area (Å²) in [4.78, 5) is 8.86. The van der Waals surface area contributed by atoms with Crippen LogP contribution in [0.2, 0.25) is 0 Å². The van der Waals surface area contributed by atoms with Gasteiger partial charge >= 0.3 is 0 Å². The Labute approximate surface area is 122 Å². The lowest BCUT2D eigenvalue weighted by molar-refractivity contribution is 0.178. The SMILES string of the molecule is CNc1cc(NC(C)(C)CC(C)(C)C)nc(COC)n1. The van der Waals surface area contributed by atoms with Gasteiger partial charge in [-0.25, -0.2) is 9.97 Å². The Morgan fingerprint density at radius 3 is 2.20 bits per heavy atom. The molecule has 1 rings (SSSR count). The second-order valence-electron chi connectivity index (χ2n) is 6.98. The van der Waals surface area contributed by atoms with Gasteiger partial charge in [0.25, 0.3) is 0 Å². The number of methoxy groups -OCH3 is 1. The summed E-state index contributed by atoms with van der Waals surface area (Å²) in [6.07, 6.45) is 1.04. The third-order valence-corrected chi connectivity index (χ3v) is 2.74. The zero-order chi connectivity index (χ0) is 15.4. The molecule has 0 saturated heterocycles. The van der Waals surface area contributed by atoms with Crippen molar-refractivity contribution in [1.29, 1.82) is 0 Å². The molecule has 1 aromatic heterocycles. The molecule has 0 aliphatic heterocycles. The maximum Gasteiger partial charge on any atom is 0.158 e. The first-order chi connectivity index (χ1) is 9.15. The molecule has 2 N–H and O–H groups in total. The van der Waals surface area contributed by atoms with Crippen LogP contribution in [0.4, 0.5) is 11.6 Å². The van der Waals surface area contributed by atoms with Crippen LogP contribution >= 0.6 is 0 Å². The Hall–Kier alpha value is -1.36. The van der Waals surface area contributed by atoms with Crippen molar-refractivity contribution in [3.63, 3.8) is 0 Å². The third-order valence-electron chi connectivity index (χ3n) is 2.74. The average molecular weight is 280 g/mol. The first kappa shape index (κ1) is 16.7. The molecule has 0 radical (unpaired) electrons. The van der Waals surface area contributed by atoms with E-state index in [0.29, 0.717) is 12.4 Å². The molecule has 1 aromatic rings. The van der Waals surface area contributed by atoms with Gasteiger partial charge in [0.1, 0.15) is 18.2 Å². The van der Waals surface area contributed by atoms with Gasteiger partial charge in [-0.3, -0.25) is 0 Å². The molecule has 20 heavy (non-hydrogen) atoms. The number of nitrogens with zero attached hydrogens (tertiary/aromatic N) is 2. The summed E-state index contributed by atoms with van der Waals surface area (Å²) in [5.74, 6) is 2.29. The maximum absolute atomic E-state index is 5.11. The minimum atomic E-state index is -0.0397. The fraction of sp³-hybridized carbons (Fsp3) is 0.733. The van der Waals surface area contributed by atoms with Crippen LogP contribution in [0.25, 0.3) is 0 Å². The molecular formula is C15H28N4O. The van der Waals surface area contributed by atoms with E-state index in [1.807, 2.05) is 13.1 Å². The highest BCUT2D eigenvalue weighted by Gasteiger charge is 2.25. The van der Waals surface area contributed by atoms with E-state index in [9.17, 15) is 0 Å². The number of hydrogen-bond donors (Lipinski definition) is 2. The minimum Gasteiger partial charge on any atom is -0.377 e. The fourth-order valence-electron chi connectivity index (χ4n) is 2.60. The molecule has 0 unspecified atom stereocenters. The Balaban J connectivity index is 2.92. The number of ether oxygens (including phenoxy) is 1. The second-order valence-corrected chi connectivity index (χ2v) is 6.98. The van der Waals surface area contributed by atoms with E-state index in [0.717, 1.165) is 18.1 Å². The number of rotatable bonds is 6. The molecule has 0 saturated carbocycles. The first-order valence-electron chi connectivity index (χ1n) is 6.98.